The van der Waals surface area contributed by atoms with Gasteiger partial charge in [-0.3, -0.25) is 9.69 Å². The van der Waals surface area contributed by atoms with E-state index in [1.165, 1.54) is 0 Å². The van der Waals surface area contributed by atoms with Crippen molar-refractivity contribution in [2.75, 3.05) is 18.4 Å². The second kappa shape index (κ2) is 14.0. The predicted octanol–water partition coefficient (Wildman–Crippen LogP) is 5.45. The van der Waals surface area contributed by atoms with Crippen LogP contribution in [0.25, 0.3) is 0 Å². The summed E-state index contributed by atoms with van der Waals surface area (Å²) in [6.07, 6.45) is 0.391. The molecule has 0 spiro atoms. The van der Waals surface area contributed by atoms with Crippen molar-refractivity contribution in [1.82, 2.24) is 15.5 Å². The van der Waals surface area contributed by atoms with Crippen LogP contribution in [0.3, 0.4) is 0 Å². The fraction of sp³-hybridized carbons (Fsp3) is 0.333. The van der Waals surface area contributed by atoms with Crippen molar-refractivity contribution in [3.05, 3.63) is 90.5 Å². The highest BCUT2D eigenvalue weighted by Crippen LogP contribution is 2.22. The molecular formula is C30H38N4O3. The van der Waals surface area contributed by atoms with E-state index in [0.29, 0.717) is 36.5 Å². The van der Waals surface area contributed by atoms with Crippen LogP contribution in [-0.2, 0) is 11.2 Å². The number of benzene rings is 3. The molecule has 0 radical (unpaired) electrons. The van der Waals surface area contributed by atoms with Gasteiger partial charge in [0.15, 0.2) is 0 Å². The zero-order valence-electron chi connectivity index (χ0n) is 22.1. The van der Waals surface area contributed by atoms with E-state index in [9.17, 15) is 9.59 Å². The largest absolute Gasteiger partial charge is 0.457 e. The second-order valence-corrected chi connectivity index (χ2v) is 9.50. The summed E-state index contributed by atoms with van der Waals surface area (Å²) in [6.45, 7) is 9.83. The van der Waals surface area contributed by atoms with E-state index in [2.05, 4.69) is 48.5 Å². The lowest BCUT2D eigenvalue weighted by molar-refractivity contribution is -0.123. The van der Waals surface area contributed by atoms with Gasteiger partial charge in [0, 0.05) is 37.3 Å². The molecule has 3 aromatic carbocycles. The summed E-state index contributed by atoms with van der Waals surface area (Å²) in [5.74, 6) is 1.19. The fourth-order valence-electron chi connectivity index (χ4n) is 4.16. The topological polar surface area (TPSA) is 82.7 Å². The highest BCUT2D eigenvalue weighted by atomic mass is 16.5. The van der Waals surface area contributed by atoms with Gasteiger partial charge in [-0.05, 0) is 69.7 Å². The molecule has 196 valence electrons. The van der Waals surface area contributed by atoms with Crippen LogP contribution in [0.4, 0.5) is 10.5 Å². The monoisotopic (exact) mass is 502 g/mol. The van der Waals surface area contributed by atoms with Crippen molar-refractivity contribution in [2.24, 2.45) is 0 Å². The van der Waals surface area contributed by atoms with Gasteiger partial charge in [0.05, 0.1) is 0 Å². The number of rotatable bonds is 12. The Morgan fingerprint density at radius 3 is 1.95 bits per heavy atom. The van der Waals surface area contributed by atoms with Crippen molar-refractivity contribution in [3.8, 4) is 11.5 Å². The number of carbonyl (C=O) groups excluding carboxylic acids is 2. The molecule has 0 heterocycles. The number of urea groups is 1. The molecule has 1 unspecified atom stereocenters. The van der Waals surface area contributed by atoms with Gasteiger partial charge in [-0.15, -0.1) is 0 Å². The number of nitrogens with one attached hydrogen (secondary N) is 3. The first kappa shape index (κ1) is 27.7. The van der Waals surface area contributed by atoms with Gasteiger partial charge in [0.25, 0.3) is 0 Å². The minimum Gasteiger partial charge on any atom is -0.457 e. The average molecular weight is 503 g/mol. The second-order valence-electron chi connectivity index (χ2n) is 9.50. The molecule has 37 heavy (non-hydrogen) atoms. The normalized spacial score (nSPS) is 11.9. The Hall–Kier alpha value is -3.84. The van der Waals surface area contributed by atoms with Crippen LogP contribution < -0.4 is 20.7 Å². The Morgan fingerprint density at radius 1 is 0.784 bits per heavy atom. The van der Waals surface area contributed by atoms with Crippen molar-refractivity contribution in [2.45, 2.75) is 52.2 Å². The minimum atomic E-state index is -0.713. The summed E-state index contributed by atoms with van der Waals surface area (Å²) in [4.78, 5) is 28.2. The summed E-state index contributed by atoms with van der Waals surface area (Å²) >= 11 is 0. The van der Waals surface area contributed by atoms with Gasteiger partial charge < -0.3 is 20.7 Å². The number of hydrogen-bond donors (Lipinski definition) is 3. The lowest BCUT2D eigenvalue weighted by atomic mass is 10.1. The molecule has 0 saturated carbocycles. The van der Waals surface area contributed by atoms with Crippen LogP contribution in [0, 0.1) is 0 Å². The molecule has 3 N–H and O–H groups in total. The van der Waals surface area contributed by atoms with Gasteiger partial charge in [-0.1, -0.05) is 48.5 Å². The molecule has 1 atom stereocenters. The molecule has 3 aromatic rings. The number of hydrogen-bond acceptors (Lipinski definition) is 4. The minimum absolute atomic E-state index is 0.210. The van der Waals surface area contributed by atoms with E-state index < -0.39 is 12.1 Å². The lowest BCUT2D eigenvalue weighted by Crippen LogP contribution is -2.51. The van der Waals surface area contributed by atoms with Crippen LogP contribution in [0.2, 0.25) is 0 Å². The molecular weight excluding hydrogens is 464 g/mol. The summed E-state index contributed by atoms with van der Waals surface area (Å²) in [7, 11) is 0. The molecule has 0 saturated heterocycles. The molecule has 7 nitrogen and oxygen atoms in total. The van der Waals surface area contributed by atoms with E-state index in [0.717, 1.165) is 17.9 Å². The van der Waals surface area contributed by atoms with Gasteiger partial charge >= 0.3 is 6.03 Å². The average Bonchev–Trinajstić information content (AvgIpc) is 2.88. The molecule has 0 aromatic heterocycles. The first-order valence-electron chi connectivity index (χ1n) is 12.8. The van der Waals surface area contributed by atoms with E-state index in [1.54, 1.807) is 24.3 Å². The van der Waals surface area contributed by atoms with Crippen LogP contribution in [0.15, 0.2) is 84.9 Å². The molecule has 3 amide bonds. The Morgan fingerprint density at radius 2 is 1.35 bits per heavy atom. The molecule has 3 rings (SSSR count). The summed E-state index contributed by atoms with van der Waals surface area (Å²) in [6, 6.07) is 25.8. The van der Waals surface area contributed by atoms with E-state index in [-0.39, 0.29) is 5.91 Å². The maximum atomic E-state index is 13.1. The third-order valence-electron chi connectivity index (χ3n) is 5.99. The number of nitrogens with zero attached hydrogens (tertiary/aromatic N) is 1. The van der Waals surface area contributed by atoms with Crippen molar-refractivity contribution in [3.63, 3.8) is 0 Å². The SMILES string of the molecule is CC(C)N(CCNC(=O)C(Cc1ccccc1)NC(=O)Nc1ccc(Oc2ccccc2)cc1)C(C)C. The fourth-order valence-corrected chi connectivity index (χ4v) is 4.16. The number of para-hydroxylation sites is 1. The summed E-state index contributed by atoms with van der Waals surface area (Å²) < 4.78 is 5.80. The quantitative estimate of drug-likeness (QED) is 0.308. The summed E-state index contributed by atoms with van der Waals surface area (Å²) in [5.41, 5.74) is 1.57. The van der Waals surface area contributed by atoms with Crippen LogP contribution in [-0.4, -0.2) is 48.1 Å². The van der Waals surface area contributed by atoms with Gasteiger partial charge in [-0.2, -0.15) is 0 Å². The van der Waals surface area contributed by atoms with Crippen molar-refractivity contribution < 1.29 is 14.3 Å². The molecule has 0 aliphatic heterocycles. The zero-order valence-corrected chi connectivity index (χ0v) is 22.1. The molecule has 0 aliphatic carbocycles. The van der Waals surface area contributed by atoms with E-state index >= 15 is 0 Å². The lowest BCUT2D eigenvalue weighted by Gasteiger charge is -2.30. The number of carbonyl (C=O) groups is 2. The van der Waals surface area contributed by atoms with Crippen molar-refractivity contribution >= 4 is 17.6 Å². The van der Waals surface area contributed by atoms with Crippen molar-refractivity contribution in [1.29, 1.82) is 0 Å². The van der Waals surface area contributed by atoms with Gasteiger partial charge in [0.1, 0.15) is 17.5 Å². The standard InChI is InChI=1S/C30H38N4O3/c1-22(2)34(23(3)4)20-19-31-29(35)28(21-24-11-7-5-8-12-24)33-30(36)32-25-15-17-27(18-16-25)37-26-13-9-6-10-14-26/h5-18,22-23,28H,19-21H2,1-4H3,(H,31,35)(H2,32,33,36). The molecule has 0 bridgehead atoms. The van der Waals surface area contributed by atoms with E-state index in [1.807, 2.05) is 60.7 Å². The molecule has 0 fully saturated rings. The first-order chi connectivity index (χ1) is 17.8. The first-order valence-corrected chi connectivity index (χ1v) is 12.8. The Bertz CT molecular complexity index is 1090. The van der Waals surface area contributed by atoms with Gasteiger partial charge in [-0.25, -0.2) is 4.79 Å². The van der Waals surface area contributed by atoms with Gasteiger partial charge in [0.2, 0.25) is 5.91 Å². The number of anilines is 1. The maximum absolute atomic E-state index is 13.1. The highest BCUT2D eigenvalue weighted by molar-refractivity contribution is 5.93. The Labute approximate surface area is 220 Å². The summed E-state index contributed by atoms with van der Waals surface area (Å²) in [5, 5.41) is 8.66. The predicted molar refractivity (Wildman–Crippen MR) is 149 cm³/mol. The highest BCUT2D eigenvalue weighted by Gasteiger charge is 2.22. The Kier molecular flexibility index (Phi) is 10.5. The third-order valence-corrected chi connectivity index (χ3v) is 5.99. The Balaban J connectivity index is 1.59. The van der Waals surface area contributed by atoms with Crippen LogP contribution in [0.5, 0.6) is 11.5 Å². The van der Waals surface area contributed by atoms with E-state index in [4.69, 9.17) is 4.74 Å². The third kappa shape index (κ3) is 9.28. The molecule has 0 aliphatic rings. The van der Waals surface area contributed by atoms with Crippen LogP contribution >= 0.6 is 0 Å². The molecule has 7 heteroatoms. The maximum Gasteiger partial charge on any atom is 0.319 e. The number of ether oxygens (including phenoxy) is 1. The number of amides is 3. The zero-order chi connectivity index (χ0) is 26.6. The van der Waals surface area contributed by atoms with Crippen LogP contribution in [0.1, 0.15) is 33.3 Å². The smallest absolute Gasteiger partial charge is 0.319 e.